The van der Waals surface area contributed by atoms with Gasteiger partial charge in [-0.2, -0.15) is 5.10 Å². The minimum absolute atomic E-state index is 0.00693. The Kier molecular flexibility index (Phi) is 6.32. The van der Waals surface area contributed by atoms with Gasteiger partial charge in [0.15, 0.2) is 11.6 Å². The van der Waals surface area contributed by atoms with E-state index in [2.05, 4.69) is 5.10 Å². The van der Waals surface area contributed by atoms with E-state index >= 15 is 0 Å². The van der Waals surface area contributed by atoms with Crippen LogP contribution in [0, 0.1) is 19.7 Å². The van der Waals surface area contributed by atoms with Gasteiger partial charge in [-0.3, -0.25) is 4.79 Å². The minimum atomic E-state index is -0.412. The summed E-state index contributed by atoms with van der Waals surface area (Å²) in [7, 11) is 3.22. The molecule has 3 aromatic rings. The Balaban J connectivity index is 1.65. The molecule has 0 bridgehead atoms. The maximum Gasteiger partial charge on any atom is 0.222 e. The van der Waals surface area contributed by atoms with E-state index in [-0.39, 0.29) is 11.7 Å². The molecule has 0 aliphatic rings. The first kappa shape index (κ1) is 20.6. The van der Waals surface area contributed by atoms with E-state index in [0.717, 1.165) is 28.2 Å². The highest BCUT2D eigenvalue weighted by Crippen LogP contribution is 2.21. The summed E-state index contributed by atoms with van der Waals surface area (Å²) in [6.07, 6.45) is 0.790. The average Bonchev–Trinajstić information content (AvgIpc) is 3.01. The number of hydrogen-bond acceptors (Lipinski definition) is 3. The Labute approximate surface area is 170 Å². The molecule has 0 N–H and O–H groups in total. The summed E-state index contributed by atoms with van der Waals surface area (Å²) in [6, 6.07) is 14.7. The van der Waals surface area contributed by atoms with Crippen LogP contribution in [-0.4, -0.2) is 34.7 Å². The van der Waals surface area contributed by atoms with Gasteiger partial charge in [-0.15, -0.1) is 0 Å². The first-order chi connectivity index (χ1) is 13.9. The molecule has 0 aliphatic carbocycles. The third-order valence-corrected chi connectivity index (χ3v) is 5.11. The average molecular weight is 395 g/mol. The summed E-state index contributed by atoms with van der Waals surface area (Å²) in [6.45, 7) is 4.46. The number of para-hydroxylation sites is 1. The van der Waals surface area contributed by atoms with Crippen molar-refractivity contribution >= 4 is 5.91 Å². The van der Waals surface area contributed by atoms with Crippen molar-refractivity contribution in [1.29, 1.82) is 0 Å². The molecule has 3 rings (SSSR count). The molecule has 0 spiro atoms. The van der Waals surface area contributed by atoms with Gasteiger partial charge in [-0.25, -0.2) is 9.07 Å². The molecule has 5 nitrogen and oxygen atoms in total. The molecule has 0 saturated heterocycles. The van der Waals surface area contributed by atoms with E-state index in [1.165, 1.54) is 13.2 Å². The molecule has 0 radical (unpaired) electrons. The second-order valence-corrected chi connectivity index (χ2v) is 7.12. The number of hydrogen-bond donors (Lipinski definition) is 0. The number of amides is 1. The van der Waals surface area contributed by atoms with Crippen LogP contribution in [0.25, 0.3) is 5.69 Å². The number of halogens is 1. The second-order valence-electron chi connectivity index (χ2n) is 7.12. The first-order valence-electron chi connectivity index (χ1n) is 9.57. The van der Waals surface area contributed by atoms with Crippen molar-refractivity contribution in [2.45, 2.75) is 33.2 Å². The number of methoxy groups -OCH3 is 1. The molecule has 2 aromatic carbocycles. The molecule has 0 fully saturated rings. The summed E-state index contributed by atoms with van der Waals surface area (Å²) in [5.74, 6) is -0.198. The van der Waals surface area contributed by atoms with Gasteiger partial charge in [0.05, 0.1) is 18.5 Å². The van der Waals surface area contributed by atoms with Gasteiger partial charge >= 0.3 is 0 Å². The maximum atomic E-state index is 13.8. The zero-order valence-corrected chi connectivity index (χ0v) is 17.3. The Hall–Kier alpha value is -3.15. The van der Waals surface area contributed by atoms with Crippen molar-refractivity contribution in [1.82, 2.24) is 14.7 Å². The third kappa shape index (κ3) is 4.65. The van der Waals surface area contributed by atoms with Crippen LogP contribution in [0.4, 0.5) is 4.39 Å². The number of carbonyl (C=O) groups is 1. The molecule has 0 saturated carbocycles. The van der Waals surface area contributed by atoms with Crippen LogP contribution < -0.4 is 4.74 Å². The molecular formula is C23H26FN3O2. The van der Waals surface area contributed by atoms with Crippen molar-refractivity contribution in [2.24, 2.45) is 0 Å². The predicted octanol–water partition coefficient (Wildman–Crippen LogP) is 4.23. The van der Waals surface area contributed by atoms with Crippen LogP contribution in [0.5, 0.6) is 5.75 Å². The molecule has 0 aliphatic heterocycles. The van der Waals surface area contributed by atoms with Gasteiger partial charge in [-0.1, -0.05) is 24.3 Å². The number of rotatable bonds is 7. The highest BCUT2D eigenvalue weighted by atomic mass is 19.1. The Morgan fingerprint density at radius 3 is 2.55 bits per heavy atom. The van der Waals surface area contributed by atoms with Gasteiger partial charge in [0.2, 0.25) is 5.91 Å². The van der Waals surface area contributed by atoms with E-state index < -0.39 is 5.82 Å². The van der Waals surface area contributed by atoms with Gasteiger partial charge in [-0.05, 0) is 50.1 Å². The zero-order valence-electron chi connectivity index (χ0n) is 17.3. The summed E-state index contributed by atoms with van der Waals surface area (Å²) < 4.78 is 20.7. The lowest BCUT2D eigenvalue weighted by Gasteiger charge is -2.18. The van der Waals surface area contributed by atoms with Crippen molar-refractivity contribution in [3.63, 3.8) is 0 Å². The summed E-state index contributed by atoms with van der Waals surface area (Å²) in [5, 5.41) is 4.64. The fraction of sp³-hybridized carbons (Fsp3) is 0.304. The van der Waals surface area contributed by atoms with E-state index in [0.29, 0.717) is 19.4 Å². The molecule has 6 heteroatoms. The Morgan fingerprint density at radius 2 is 1.90 bits per heavy atom. The van der Waals surface area contributed by atoms with Crippen LogP contribution >= 0.6 is 0 Å². The number of nitrogens with zero attached hydrogens (tertiary/aromatic N) is 3. The molecule has 0 atom stereocenters. The maximum absolute atomic E-state index is 13.8. The van der Waals surface area contributed by atoms with Gasteiger partial charge in [0.25, 0.3) is 0 Å². The van der Waals surface area contributed by atoms with Crippen LogP contribution in [0.2, 0.25) is 0 Å². The van der Waals surface area contributed by atoms with Gasteiger partial charge in [0.1, 0.15) is 0 Å². The second kappa shape index (κ2) is 8.90. The number of aromatic nitrogens is 2. The van der Waals surface area contributed by atoms with Crippen LogP contribution in [0.15, 0.2) is 48.5 Å². The van der Waals surface area contributed by atoms with Crippen LogP contribution in [0.1, 0.15) is 28.9 Å². The largest absolute Gasteiger partial charge is 0.494 e. The van der Waals surface area contributed by atoms with Crippen LogP contribution in [-0.2, 0) is 17.8 Å². The van der Waals surface area contributed by atoms with E-state index in [1.807, 2.05) is 48.9 Å². The first-order valence-corrected chi connectivity index (χ1v) is 9.57. The van der Waals surface area contributed by atoms with E-state index in [4.69, 9.17) is 4.74 Å². The quantitative estimate of drug-likeness (QED) is 0.602. The normalized spacial score (nSPS) is 10.8. The zero-order chi connectivity index (χ0) is 21.0. The minimum Gasteiger partial charge on any atom is -0.494 e. The molecule has 29 heavy (non-hydrogen) atoms. The molecule has 152 valence electrons. The molecule has 0 unspecified atom stereocenters. The SMILES string of the molecule is COc1ccc(CCC(=O)N(C)Cc2c(C)nn(-c3ccccc3)c2C)cc1F. The topological polar surface area (TPSA) is 47.4 Å². The lowest BCUT2D eigenvalue weighted by Crippen LogP contribution is -2.27. The lowest BCUT2D eigenvalue weighted by atomic mass is 10.1. The summed E-state index contributed by atoms with van der Waals surface area (Å²) in [4.78, 5) is 14.3. The predicted molar refractivity (Wildman–Crippen MR) is 111 cm³/mol. The van der Waals surface area contributed by atoms with Crippen molar-refractivity contribution in [3.8, 4) is 11.4 Å². The Bertz CT molecular complexity index is 999. The van der Waals surface area contributed by atoms with E-state index in [9.17, 15) is 9.18 Å². The van der Waals surface area contributed by atoms with E-state index in [1.54, 1.807) is 24.1 Å². The highest BCUT2D eigenvalue weighted by Gasteiger charge is 2.17. The Morgan fingerprint density at radius 1 is 1.17 bits per heavy atom. The van der Waals surface area contributed by atoms with Gasteiger partial charge < -0.3 is 9.64 Å². The van der Waals surface area contributed by atoms with Crippen LogP contribution in [0.3, 0.4) is 0 Å². The number of aryl methyl sites for hydroxylation is 2. The molecule has 1 aromatic heterocycles. The summed E-state index contributed by atoms with van der Waals surface area (Å²) >= 11 is 0. The highest BCUT2D eigenvalue weighted by molar-refractivity contribution is 5.76. The fourth-order valence-electron chi connectivity index (χ4n) is 3.36. The lowest BCUT2D eigenvalue weighted by molar-refractivity contribution is -0.130. The van der Waals surface area contributed by atoms with Crippen molar-refractivity contribution in [3.05, 3.63) is 76.9 Å². The number of ether oxygens (including phenoxy) is 1. The van der Waals surface area contributed by atoms with Crippen molar-refractivity contribution in [2.75, 3.05) is 14.2 Å². The van der Waals surface area contributed by atoms with Gasteiger partial charge in [0, 0.05) is 31.3 Å². The fourth-order valence-corrected chi connectivity index (χ4v) is 3.36. The molecule has 1 heterocycles. The third-order valence-electron chi connectivity index (χ3n) is 5.11. The number of benzene rings is 2. The molecule has 1 amide bonds. The summed E-state index contributed by atoms with van der Waals surface area (Å²) in [5.41, 5.74) is 4.73. The monoisotopic (exact) mass is 395 g/mol. The standard InChI is InChI=1S/C23H26FN3O2/c1-16-20(17(2)27(25-16)19-8-6-5-7-9-19)15-26(3)23(28)13-11-18-10-12-22(29-4)21(24)14-18/h5-10,12,14H,11,13,15H2,1-4H3. The van der Waals surface area contributed by atoms with Crippen molar-refractivity contribution < 1.29 is 13.9 Å². The smallest absolute Gasteiger partial charge is 0.222 e. The molecular weight excluding hydrogens is 369 g/mol. The number of carbonyl (C=O) groups excluding carboxylic acids is 1.